The number of carbonyl (C=O) groups is 1. The maximum atomic E-state index is 12.2. The average molecular weight is 457 g/mol. The zero-order valence-corrected chi connectivity index (χ0v) is 18.9. The van der Waals surface area contributed by atoms with Gasteiger partial charge in [0, 0.05) is 25.4 Å². The number of nitrogens with two attached hydrogens (primary N) is 1. The number of aryl methyl sites for hydroxylation is 2. The molecule has 2 aliphatic carbocycles. The highest BCUT2D eigenvalue weighted by atomic mass is 32.2. The minimum absolute atomic E-state index is 0.0138. The average Bonchev–Trinajstić information content (AvgIpc) is 3.39. The maximum absolute atomic E-state index is 12.2. The third-order valence-corrected chi connectivity index (χ3v) is 6.47. The fourth-order valence-corrected chi connectivity index (χ4v) is 4.74. The molecule has 0 unspecified atom stereocenters. The SMILES string of the molecule is NCCCCO.O=C(Nc1c2c(cc3c1CCC3)CCC2)NS(=O)(=O)NCCCCO. The second-order valence-electron chi connectivity index (χ2n) is 7.84. The molecule has 0 aromatic heterocycles. The van der Waals surface area contributed by atoms with Crippen molar-refractivity contribution in [1.82, 2.24) is 9.44 Å². The Labute approximate surface area is 185 Å². The van der Waals surface area contributed by atoms with Crippen molar-refractivity contribution < 1.29 is 23.4 Å². The molecular formula is C21H36N4O5S. The van der Waals surface area contributed by atoms with E-state index in [2.05, 4.69) is 16.1 Å². The zero-order valence-electron chi connectivity index (χ0n) is 18.1. The molecule has 10 heteroatoms. The summed E-state index contributed by atoms with van der Waals surface area (Å²) in [5.41, 5.74) is 10.8. The highest BCUT2D eigenvalue weighted by molar-refractivity contribution is 7.88. The lowest BCUT2D eigenvalue weighted by atomic mass is 9.99. The third kappa shape index (κ3) is 8.04. The van der Waals surface area contributed by atoms with Gasteiger partial charge in [0.15, 0.2) is 0 Å². The molecule has 0 saturated carbocycles. The van der Waals surface area contributed by atoms with E-state index in [4.69, 9.17) is 15.9 Å². The number of hydrogen-bond donors (Lipinski definition) is 6. The Kier molecular flexibility index (Phi) is 10.7. The van der Waals surface area contributed by atoms with E-state index in [0.717, 1.165) is 68.2 Å². The molecule has 0 saturated heterocycles. The molecule has 2 amide bonds. The Hall–Kier alpha value is -1.72. The predicted molar refractivity (Wildman–Crippen MR) is 121 cm³/mol. The number of carbonyl (C=O) groups excluding carboxylic acids is 1. The molecule has 1 aromatic rings. The summed E-state index contributed by atoms with van der Waals surface area (Å²) in [5.74, 6) is 0. The van der Waals surface area contributed by atoms with E-state index in [-0.39, 0.29) is 19.8 Å². The standard InChI is InChI=1S/C17H25N3O4S.C4H11NO/c21-10-2-1-9-18-25(23,24)20-17(22)19-16-14-7-3-5-12(14)11-13-6-4-8-15(13)16;5-3-1-2-4-6/h11,18,21H,1-10H2,(H2,19,20,22);6H,1-5H2. The molecule has 0 fully saturated rings. The highest BCUT2D eigenvalue weighted by Crippen LogP contribution is 2.38. The number of amides is 2. The molecule has 3 rings (SSSR count). The quantitative estimate of drug-likeness (QED) is 0.290. The van der Waals surface area contributed by atoms with Crippen molar-refractivity contribution in [2.75, 3.05) is 31.6 Å². The predicted octanol–water partition coefficient (Wildman–Crippen LogP) is 1.11. The number of benzene rings is 1. The minimum Gasteiger partial charge on any atom is -0.396 e. The Balaban J connectivity index is 0.000000501. The van der Waals surface area contributed by atoms with Crippen LogP contribution in [0.5, 0.6) is 0 Å². The van der Waals surface area contributed by atoms with E-state index in [0.29, 0.717) is 19.4 Å². The maximum Gasteiger partial charge on any atom is 0.333 e. The van der Waals surface area contributed by atoms with Gasteiger partial charge in [0.1, 0.15) is 0 Å². The van der Waals surface area contributed by atoms with Crippen LogP contribution in [0, 0.1) is 0 Å². The largest absolute Gasteiger partial charge is 0.396 e. The molecule has 0 atom stereocenters. The van der Waals surface area contributed by atoms with E-state index in [1.54, 1.807) is 0 Å². The van der Waals surface area contributed by atoms with Gasteiger partial charge in [0.2, 0.25) is 0 Å². The number of anilines is 1. The fraction of sp³-hybridized carbons (Fsp3) is 0.667. The van der Waals surface area contributed by atoms with Crippen molar-refractivity contribution in [3.63, 3.8) is 0 Å². The molecule has 0 heterocycles. The summed E-state index contributed by atoms with van der Waals surface area (Å²) in [6.07, 6.45) is 8.82. The second-order valence-corrected chi connectivity index (χ2v) is 9.34. The molecule has 176 valence electrons. The van der Waals surface area contributed by atoms with Crippen molar-refractivity contribution in [1.29, 1.82) is 0 Å². The number of rotatable bonds is 10. The summed E-state index contributed by atoms with van der Waals surface area (Å²) in [4.78, 5) is 12.2. The van der Waals surface area contributed by atoms with Crippen LogP contribution in [0.25, 0.3) is 0 Å². The third-order valence-electron chi connectivity index (χ3n) is 5.43. The summed E-state index contributed by atoms with van der Waals surface area (Å²) in [5, 5.41) is 19.6. The van der Waals surface area contributed by atoms with Crippen LogP contribution in [-0.4, -0.2) is 51.0 Å². The van der Waals surface area contributed by atoms with Gasteiger partial charge in [-0.1, -0.05) is 6.07 Å². The molecule has 1 aromatic carbocycles. The van der Waals surface area contributed by atoms with E-state index in [1.165, 1.54) is 11.1 Å². The van der Waals surface area contributed by atoms with Crippen LogP contribution in [0.3, 0.4) is 0 Å². The van der Waals surface area contributed by atoms with Crippen molar-refractivity contribution in [3.8, 4) is 0 Å². The number of nitrogens with one attached hydrogen (secondary N) is 3. The van der Waals surface area contributed by atoms with Crippen LogP contribution in [-0.2, 0) is 35.9 Å². The van der Waals surface area contributed by atoms with Crippen molar-refractivity contribution >= 4 is 21.9 Å². The monoisotopic (exact) mass is 456 g/mol. The first-order valence-electron chi connectivity index (χ1n) is 11.1. The van der Waals surface area contributed by atoms with Gasteiger partial charge in [-0.15, -0.1) is 0 Å². The first kappa shape index (κ1) is 25.5. The number of aliphatic hydroxyl groups is 2. The van der Waals surface area contributed by atoms with Crippen LogP contribution in [0.15, 0.2) is 6.07 Å². The molecule has 0 spiro atoms. The summed E-state index contributed by atoms with van der Waals surface area (Å²) in [6.45, 7) is 1.16. The summed E-state index contributed by atoms with van der Waals surface area (Å²) in [7, 11) is -3.90. The lowest BCUT2D eigenvalue weighted by Gasteiger charge is -2.16. The molecule has 2 aliphatic rings. The number of fused-ring (bicyclic) bond motifs is 2. The van der Waals surface area contributed by atoms with Crippen molar-refractivity contribution in [2.24, 2.45) is 5.73 Å². The van der Waals surface area contributed by atoms with Gasteiger partial charge >= 0.3 is 16.2 Å². The number of hydrogen-bond acceptors (Lipinski definition) is 6. The topological polar surface area (TPSA) is 154 Å². The first-order valence-corrected chi connectivity index (χ1v) is 12.6. The Morgan fingerprint density at radius 1 is 0.935 bits per heavy atom. The lowest BCUT2D eigenvalue weighted by Crippen LogP contribution is -2.42. The number of aliphatic hydroxyl groups excluding tert-OH is 2. The first-order chi connectivity index (χ1) is 14.9. The van der Waals surface area contributed by atoms with Gasteiger partial charge in [-0.05, 0) is 93.0 Å². The number of unbranched alkanes of at least 4 members (excludes halogenated alkanes) is 2. The van der Waals surface area contributed by atoms with Gasteiger partial charge in [0.05, 0.1) is 0 Å². The van der Waals surface area contributed by atoms with Crippen LogP contribution < -0.4 is 20.5 Å². The van der Waals surface area contributed by atoms with Gasteiger partial charge in [-0.25, -0.2) is 9.52 Å². The summed E-state index contributed by atoms with van der Waals surface area (Å²) < 4.78 is 28.1. The van der Waals surface area contributed by atoms with Crippen LogP contribution in [0.2, 0.25) is 0 Å². The smallest absolute Gasteiger partial charge is 0.333 e. The molecule has 9 nitrogen and oxygen atoms in total. The van der Waals surface area contributed by atoms with E-state index < -0.39 is 16.2 Å². The molecule has 0 aliphatic heterocycles. The second kappa shape index (κ2) is 13.0. The lowest BCUT2D eigenvalue weighted by molar-refractivity contribution is 0.256. The van der Waals surface area contributed by atoms with Gasteiger partial charge in [0.25, 0.3) is 0 Å². The Bertz CT molecular complexity index is 793. The van der Waals surface area contributed by atoms with Crippen molar-refractivity contribution in [2.45, 2.75) is 64.2 Å². The van der Waals surface area contributed by atoms with Crippen LogP contribution >= 0.6 is 0 Å². The fourth-order valence-electron chi connectivity index (χ4n) is 3.96. The normalized spacial score (nSPS) is 14.4. The Morgan fingerprint density at radius 3 is 2.03 bits per heavy atom. The highest BCUT2D eigenvalue weighted by Gasteiger charge is 2.25. The van der Waals surface area contributed by atoms with Crippen molar-refractivity contribution in [3.05, 3.63) is 28.3 Å². The van der Waals surface area contributed by atoms with E-state index >= 15 is 0 Å². The van der Waals surface area contributed by atoms with Gasteiger partial charge in [-0.2, -0.15) is 13.1 Å². The molecule has 7 N–H and O–H groups in total. The van der Waals surface area contributed by atoms with E-state index in [1.807, 2.05) is 4.72 Å². The molecule has 0 radical (unpaired) electrons. The molecule has 31 heavy (non-hydrogen) atoms. The minimum atomic E-state index is -3.90. The summed E-state index contributed by atoms with van der Waals surface area (Å²) in [6, 6.07) is 1.52. The zero-order chi connectivity index (χ0) is 22.7. The van der Waals surface area contributed by atoms with E-state index in [9.17, 15) is 13.2 Å². The van der Waals surface area contributed by atoms with Crippen LogP contribution in [0.1, 0.15) is 60.8 Å². The van der Waals surface area contributed by atoms with Gasteiger partial charge in [-0.3, -0.25) is 0 Å². The molecular weight excluding hydrogens is 420 g/mol. The number of urea groups is 1. The van der Waals surface area contributed by atoms with Gasteiger partial charge < -0.3 is 21.3 Å². The summed E-state index contributed by atoms with van der Waals surface area (Å²) >= 11 is 0. The van der Waals surface area contributed by atoms with Crippen LogP contribution in [0.4, 0.5) is 10.5 Å². The molecule has 0 bridgehead atoms. The Morgan fingerprint density at radius 2 is 1.52 bits per heavy atom.